The fourth-order valence-corrected chi connectivity index (χ4v) is 5.73. The maximum atomic E-state index is 14.2. The molecule has 1 atom stereocenters. The molecule has 6 rings (SSSR count). The van der Waals surface area contributed by atoms with E-state index in [2.05, 4.69) is 22.6 Å². The number of carbonyl (C=O) groups is 1. The predicted octanol–water partition coefficient (Wildman–Crippen LogP) is 5.03. The Bertz CT molecular complexity index is 1380. The van der Waals surface area contributed by atoms with Gasteiger partial charge in [0.25, 0.3) is 5.91 Å². The first-order valence-corrected chi connectivity index (χ1v) is 13.0. The number of ether oxygens (including phenoxy) is 1. The summed E-state index contributed by atoms with van der Waals surface area (Å²) in [4.78, 5) is 15.0. The number of benzene rings is 2. The van der Waals surface area contributed by atoms with Crippen LogP contribution in [0.1, 0.15) is 70.5 Å². The average Bonchev–Trinajstić information content (AvgIpc) is 3.40. The molecule has 1 saturated carbocycles. The minimum atomic E-state index is -4.56. The van der Waals surface area contributed by atoms with E-state index < -0.39 is 17.6 Å². The molecule has 2 aliphatic heterocycles. The standard InChI is InChI=1S/C28H30F3N5O2/c1-17-12-33-34-36(17)25(20-15-38-16-20)19-5-3-6-21(11-19)35-14-23-22(26(35)37)9-18(10-24(23)28(29,30)31)13-32-27(2)7-4-8-27/h3,5-6,9-12,20,25,32H,4,7-8,13-16H2,1-2H3/t25-/m0/s1. The molecular weight excluding hydrogens is 495 g/mol. The van der Waals surface area contributed by atoms with Gasteiger partial charge in [-0.3, -0.25) is 4.79 Å². The summed E-state index contributed by atoms with van der Waals surface area (Å²) >= 11 is 0. The van der Waals surface area contributed by atoms with E-state index in [0.29, 0.717) is 24.5 Å². The van der Waals surface area contributed by atoms with Gasteiger partial charge in [-0.1, -0.05) is 17.3 Å². The molecule has 1 aromatic heterocycles. The highest BCUT2D eigenvalue weighted by Gasteiger charge is 2.41. The van der Waals surface area contributed by atoms with Crippen LogP contribution < -0.4 is 10.2 Å². The third-order valence-electron chi connectivity index (χ3n) is 8.23. The maximum absolute atomic E-state index is 14.2. The molecule has 3 aliphatic rings. The van der Waals surface area contributed by atoms with Crippen LogP contribution in [0.4, 0.5) is 18.9 Å². The van der Waals surface area contributed by atoms with Gasteiger partial charge in [-0.2, -0.15) is 13.2 Å². The number of aromatic nitrogens is 3. The second-order valence-corrected chi connectivity index (χ2v) is 11.0. The molecule has 200 valence electrons. The molecule has 7 nitrogen and oxygen atoms in total. The topological polar surface area (TPSA) is 72.3 Å². The van der Waals surface area contributed by atoms with Crippen molar-refractivity contribution in [3.63, 3.8) is 0 Å². The van der Waals surface area contributed by atoms with Crippen LogP contribution in [0.15, 0.2) is 42.6 Å². The fraction of sp³-hybridized carbons (Fsp3) is 0.464. The molecule has 0 spiro atoms. The van der Waals surface area contributed by atoms with E-state index in [1.807, 2.05) is 29.8 Å². The molecule has 3 heterocycles. The van der Waals surface area contributed by atoms with E-state index in [1.165, 1.54) is 11.0 Å². The van der Waals surface area contributed by atoms with E-state index in [9.17, 15) is 18.0 Å². The highest BCUT2D eigenvalue weighted by molar-refractivity contribution is 6.10. The number of amides is 1. The van der Waals surface area contributed by atoms with Crippen LogP contribution in [0.25, 0.3) is 0 Å². The fourth-order valence-electron chi connectivity index (χ4n) is 5.73. The zero-order chi connectivity index (χ0) is 26.7. The highest BCUT2D eigenvalue weighted by atomic mass is 19.4. The van der Waals surface area contributed by atoms with Crippen LogP contribution in [-0.4, -0.2) is 39.7 Å². The number of nitrogens with one attached hydrogen (secondary N) is 1. The third-order valence-corrected chi connectivity index (χ3v) is 8.23. The Morgan fingerprint density at radius 3 is 2.61 bits per heavy atom. The summed E-state index contributed by atoms with van der Waals surface area (Å²) in [6.07, 6.45) is 0.232. The number of anilines is 1. The van der Waals surface area contributed by atoms with Gasteiger partial charge < -0.3 is 15.0 Å². The summed E-state index contributed by atoms with van der Waals surface area (Å²) in [7, 11) is 0. The molecule has 1 aliphatic carbocycles. The van der Waals surface area contributed by atoms with Gasteiger partial charge in [0.05, 0.1) is 43.3 Å². The smallest absolute Gasteiger partial charge is 0.381 e. The summed E-state index contributed by atoms with van der Waals surface area (Å²) in [5, 5.41) is 11.7. The van der Waals surface area contributed by atoms with Crippen LogP contribution in [0.3, 0.4) is 0 Å². The van der Waals surface area contributed by atoms with E-state index in [-0.39, 0.29) is 41.7 Å². The number of nitrogens with zero attached hydrogens (tertiary/aromatic N) is 4. The van der Waals surface area contributed by atoms with Gasteiger partial charge in [-0.15, -0.1) is 5.10 Å². The van der Waals surface area contributed by atoms with Crippen molar-refractivity contribution in [1.82, 2.24) is 20.3 Å². The molecule has 0 unspecified atom stereocenters. The molecule has 1 saturated heterocycles. The van der Waals surface area contributed by atoms with Crippen LogP contribution >= 0.6 is 0 Å². The molecule has 2 aromatic carbocycles. The van der Waals surface area contributed by atoms with Crippen LogP contribution in [0.5, 0.6) is 0 Å². The maximum Gasteiger partial charge on any atom is 0.416 e. The van der Waals surface area contributed by atoms with Gasteiger partial charge in [0.1, 0.15) is 0 Å². The van der Waals surface area contributed by atoms with Gasteiger partial charge in [-0.25, -0.2) is 4.68 Å². The second kappa shape index (κ2) is 9.20. The number of hydrogen-bond acceptors (Lipinski definition) is 5. The number of aryl methyl sites for hydroxylation is 1. The van der Waals surface area contributed by atoms with Crippen molar-refractivity contribution in [1.29, 1.82) is 0 Å². The molecule has 2 fully saturated rings. The lowest BCUT2D eigenvalue weighted by Crippen LogP contribution is -2.47. The van der Waals surface area contributed by atoms with Crippen molar-refractivity contribution in [2.45, 2.75) is 64.0 Å². The summed E-state index contributed by atoms with van der Waals surface area (Å²) < 4.78 is 49.7. The molecule has 0 bridgehead atoms. The molecule has 1 N–H and O–H groups in total. The molecule has 1 amide bonds. The Labute approximate surface area is 219 Å². The van der Waals surface area contributed by atoms with Crippen molar-refractivity contribution >= 4 is 11.6 Å². The molecule has 0 radical (unpaired) electrons. The van der Waals surface area contributed by atoms with Crippen LogP contribution in [0.2, 0.25) is 0 Å². The lowest BCUT2D eigenvalue weighted by Gasteiger charge is -2.39. The molecular formula is C28H30F3N5O2. The Morgan fingerprint density at radius 1 is 1.21 bits per heavy atom. The van der Waals surface area contributed by atoms with E-state index in [1.54, 1.807) is 18.3 Å². The Morgan fingerprint density at radius 2 is 2.00 bits per heavy atom. The first kappa shape index (κ1) is 25.1. The third kappa shape index (κ3) is 4.39. The van der Waals surface area contributed by atoms with Gasteiger partial charge in [0.15, 0.2) is 0 Å². The summed E-state index contributed by atoms with van der Waals surface area (Å²) in [5.74, 6) is -0.235. The summed E-state index contributed by atoms with van der Waals surface area (Å²) in [6, 6.07) is 10.1. The number of rotatable bonds is 7. The van der Waals surface area contributed by atoms with Crippen molar-refractivity contribution < 1.29 is 22.7 Å². The Kier molecular flexibility index (Phi) is 6.07. The highest BCUT2D eigenvalue weighted by Crippen LogP contribution is 2.41. The lowest BCUT2D eigenvalue weighted by atomic mass is 9.78. The average molecular weight is 526 g/mol. The normalized spacial score (nSPS) is 19.7. The Balaban J connectivity index is 1.33. The van der Waals surface area contributed by atoms with Gasteiger partial charge >= 0.3 is 6.18 Å². The van der Waals surface area contributed by atoms with Crippen LogP contribution in [0, 0.1) is 12.8 Å². The largest absolute Gasteiger partial charge is 0.416 e. The van der Waals surface area contributed by atoms with Gasteiger partial charge in [0, 0.05) is 29.3 Å². The monoisotopic (exact) mass is 525 g/mol. The summed E-state index contributed by atoms with van der Waals surface area (Å²) in [5.41, 5.74) is 2.19. The molecule has 3 aromatic rings. The Hall–Kier alpha value is -3.24. The van der Waals surface area contributed by atoms with Crippen molar-refractivity contribution in [3.05, 3.63) is 76.1 Å². The SMILES string of the molecule is Cc1cnnn1[C@@H](c1cccc(N2Cc3c(cc(CNC4(C)CCC4)cc3C(F)(F)F)C2=O)c1)C1COC1. The van der Waals surface area contributed by atoms with Gasteiger partial charge in [-0.05, 0) is 74.1 Å². The number of hydrogen-bond donors (Lipinski definition) is 1. The van der Waals surface area contributed by atoms with E-state index in [4.69, 9.17) is 4.74 Å². The second-order valence-electron chi connectivity index (χ2n) is 11.0. The number of alkyl halides is 3. The minimum Gasteiger partial charge on any atom is -0.381 e. The number of carbonyl (C=O) groups excluding carboxylic acids is 1. The first-order chi connectivity index (χ1) is 18.1. The van der Waals surface area contributed by atoms with Gasteiger partial charge in [0.2, 0.25) is 0 Å². The van der Waals surface area contributed by atoms with Crippen molar-refractivity contribution in [2.75, 3.05) is 18.1 Å². The zero-order valence-corrected chi connectivity index (χ0v) is 21.4. The quantitative estimate of drug-likeness (QED) is 0.468. The zero-order valence-electron chi connectivity index (χ0n) is 21.4. The predicted molar refractivity (Wildman–Crippen MR) is 135 cm³/mol. The van der Waals surface area contributed by atoms with Crippen molar-refractivity contribution in [2.24, 2.45) is 5.92 Å². The number of halogens is 3. The van der Waals surface area contributed by atoms with Crippen molar-refractivity contribution in [3.8, 4) is 0 Å². The molecule has 38 heavy (non-hydrogen) atoms. The first-order valence-electron chi connectivity index (χ1n) is 13.0. The summed E-state index contributed by atoms with van der Waals surface area (Å²) in [6.45, 7) is 5.32. The number of fused-ring (bicyclic) bond motifs is 1. The van der Waals surface area contributed by atoms with Crippen LogP contribution in [-0.2, 0) is 24.0 Å². The minimum absolute atomic E-state index is 0.0302. The van der Waals surface area contributed by atoms with E-state index in [0.717, 1.165) is 30.5 Å². The lowest BCUT2D eigenvalue weighted by molar-refractivity contribution is -0.138. The molecule has 10 heteroatoms. The van der Waals surface area contributed by atoms with E-state index >= 15 is 0 Å².